The zero-order chi connectivity index (χ0) is 21.8. The molecule has 1 aromatic heterocycles. The molecular weight excluding hydrogens is 402 g/mol. The van der Waals surface area contributed by atoms with Gasteiger partial charge in [-0.05, 0) is 43.7 Å². The highest BCUT2D eigenvalue weighted by Gasteiger charge is 2.18. The molecule has 8 heteroatoms. The SMILES string of the molecule is COc1ccc(CNC(=O)C(C)Sc2nc3ccc(C)cc3c(=O)n2C)cc1OC. The van der Waals surface area contributed by atoms with E-state index < -0.39 is 5.25 Å². The molecular formula is C22H25N3O4S. The molecule has 7 nitrogen and oxygen atoms in total. The minimum absolute atomic E-state index is 0.121. The molecule has 1 unspecified atom stereocenters. The highest BCUT2D eigenvalue weighted by Crippen LogP contribution is 2.27. The van der Waals surface area contributed by atoms with Crippen LogP contribution in [0.5, 0.6) is 11.5 Å². The molecule has 1 N–H and O–H groups in total. The van der Waals surface area contributed by atoms with Crippen molar-refractivity contribution in [1.82, 2.24) is 14.9 Å². The van der Waals surface area contributed by atoms with Gasteiger partial charge >= 0.3 is 0 Å². The fourth-order valence-electron chi connectivity index (χ4n) is 3.00. The van der Waals surface area contributed by atoms with E-state index in [9.17, 15) is 9.59 Å². The van der Waals surface area contributed by atoms with E-state index in [4.69, 9.17) is 9.47 Å². The Morgan fingerprint density at radius 1 is 1.17 bits per heavy atom. The summed E-state index contributed by atoms with van der Waals surface area (Å²) in [6.45, 7) is 4.08. The van der Waals surface area contributed by atoms with Crippen molar-refractivity contribution in [3.8, 4) is 11.5 Å². The van der Waals surface area contributed by atoms with Crippen LogP contribution in [0.15, 0.2) is 46.3 Å². The summed E-state index contributed by atoms with van der Waals surface area (Å²) in [7, 11) is 4.82. The van der Waals surface area contributed by atoms with E-state index >= 15 is 0 Å². The van der Waals surface area contributed by atoms with Crippen molar-refractivity contribution in [1.29, 1.82) is 0 Å². The van der Waals surface area contributed by atoms with E-state index in [1.165, 1.54) is 16.3 Å². The van der Waals surface area contributed by atoms with Crippen LogP contribution >= 0.6 is 11.8 Å². The van der Waals surface area contributed by atoms with Gasteiger partial charge in [-0.1, -0.05) is 29.5 Å². The van der Waals surface area contributed by atoms with Gasteiger partial charge in [-0.25, -0.2) is 4.98 Å². The number of fused-ring (bicyclic) bond motifs is 1. The molecule has 2 aromatic carbocycles. The van der Waals surface area contributed by atoms with Crippen LogP contribution in [0.4, 0.5) is 0 Å². The van der Waals surface area contributed by atoms with Gasteiger partial charge in [0, 0.05) is 13.6 Å². The number of ether oxygens (including phenoxy) is 2. The summed E-state index contributed by atoms with van der Waals surface area (Å²) in [5, 5.41) is 3.57. The fourth-order valence-corrected chi connectivity index (χ4v) is 3.90. The van der Waals surface area contributed by atoms with Crippen LogP contribution in [-0.2, 0) is 18.4 Å². The van der Waals surface area contributed by atoms with E-state index in [0.29, 0.717) is 34.1 Å². The topological polar surface area (TPSA) is 82.5 Å². The van der Waals surface area contributed by atoms with Crippen LogP contribution in [0.25, 0.3) is 10.9 Å². The van der Waals surface area contributed by atoms with Gasteiger partial charge in [0.15, 0.2) is 16.7 Å². The second-order valence-electron chi connectivity index (χ2n) is 6.95. The van der Waals surface area contributed by atoms with E-state index in [-0.39, 0.29) is 11.5 Å². The summed E-state index contributed by atoms with van der Waals surface area (Å²) in [4.78, 5) is 29.8. The lowest BCUT2D eigenvalue weighted by Gasteiger charge is -2.15. The molecule has 0 bridgehead atoms. The van der Waals surface area contributed by atoms with Crippen molar-refractivity contribution >= 4 is 28.6 Å². The summed E-state index contributed by atoms with van der Waals surface area (Å²) in [6, 6.07) is 11.1. The predicted molar refractivity (Wildman–Crippen MR) is 118 cm³/mol. The van der Waals surface area contributed by atoms with Crippen LogP contribution in [-0.4, -0.2) is 34.9 Å². The maximum absolute atomic E-state index is 12.7. The molecule has 1 atom stereocenters. The quantitative estimate of drug-likeness (QED) is 0.461. The summed E-state index contributed by atoms with van der Waals surface area (Å²) in [5.74, 6) is 1.10. The first-order valence-electron chi connectivity index (χ1n) is 9.46. The van der Waals surface area contributed by atoms with Crippen LogP contribution in [0.3, 0.4) is 0 Å². The molecule has 3 rings (SSSR count). The number of aryl methyl sites for hydroxylation is 1. The maximum atomic E-state index is 12.7. The largest absolute Gasteiger partial charge is 0.493 e. The molecule has 30 heavy (non-hydrogen) atoms. The number of nitrogens with one attached hydrogen (secondary N) is 1. The number of carbonyl (C=O) groups is 1. The predicted octanol–water partition coefficient (Wildman–Crippen LogP) is 3.06. The van der Waals surface area contributed by atoms with Gasteiger partial charge in [0.1, 0.15) is 0 Å². The van der Waals surface area contributed by atoms with Crippen LogP contribution in [0.2, 0.25) is 0 Å². The Hall–Kier alpha value is -3.00. The van der Waals surface area contributed by atoms with Crippen LogP contribution in [0, 0.1) is 6.92 Å². The third-order valence-corrected chi connectivity index (χ3v) is 5.90. The minimum Gasteiger partial charge on any atom is -0.493 e. The van der Waals surface area contributed by atoms with Crippen molar-refractivity contribution in [2.45, 2.75) is 30.8 Å². The molecule has 0 spiro atoms. The molecule has 1 heterocycles. The molecule has 1 amide bonds. The first kappa shape index (κ1) is 21.7. The minimum atomic E-state index is -0.425. The first-order chi connectivity index (χ1) is 14.3. The number of thioether (sulfide) groups is 1. The Labute approximate surface area is 179 Å². The lowest BCUT2D eigenvalue weighted by atomic mass is 10.2. The monoisotopic (exact) mass is 427 g/mol. The second kappa shape index (κ2) is 9.21. The number of rotatable bonds is 7. The Morgan fingerprint density at radius 3 is 2.60 bits per heavy atom. The molecule has 0 aliphatic heterocycles. The Balaban J connectivity index is 1.71. The summed E-state index contributed by atoms with van der Waals surface area (Å²) in [5.41, 5.74) is 2.41. The third kappa shape index (κ3) is 4.59. The number of amides is 1. The number of aromatic nitrogens is 2. The summed E-state index contributed by atoms with van der Waals surface area (Å²) in [6.07, 6.45) is 0. The van der Waals surface area contributed by atoms with Crippen molar-refractivity contribution < 1.29 is 14.3 Å². The summed E-state index contributed by atoms with van der Waals surface area (Å²) >= 11 is 1.26. The van der Waals surface area contributed by atoms with Gasteiger partial charge in [0.25, 0.3) is 5.56 Å². The average molecular weight is 428 g/mol. The van der Waals surface area contributed by atoms with Crippen molar-refractivity contribution in [3.63, 3.8) is 0 Å². The molecule has 0 saturated carbocycles. The highest BCUT2D eigenvalue weighted by molar-refractivity contribution is 8.00. The van der Waals surface area contributed by atoms with Gasteiger partial charge in [-0.2, -0.15) is 0 Å². The molecule has 0 aliphatic carbocycles. The number of methoxy groups -OCH3 is 2. The van der Waals surface area contributed by atoms with Gasteiger partial charge in [-0.15, -0.1) is 0 Å². The third-order valence-electron chi connectivity index (χ3n) is 4.76. The molecule has 0 saturated heterocycles. The van der Waals surface area contributed by atoms with Gasteiger partial charge in [0.2, 0.25) is 5.91 Å². The van der Waals surface area contributed by atoms with E-state index in [1.807, 2.05) is 37.3 Å². The van der Waals surface area contributed by atoms with Gasteiger partial charge < -0.3 is 14.8 Å². The van der Waals surface area contributed by atoms with Crippen LogP contribution in [0.1, 0.15) is 18.1 Å². The number of hydrogen-bond donors (Lipinski definition) is 1. The smallest absolute Gasteiger partial charge is 0.261 e. The molecule has 0 aliphatic rings. The van der Waals surface area contributed by atoms with E-state index in [2.05, 4.69) is 10.3 Å². The van der Waals surface area contributed by atoms with E-state index in [0.717, 1.165) is 11.1 Å². The van der Waals surface area contributed by atoms with Gasteiger partial charge in [-0.3, -0.25) is 14.2 Å². The lowest BCUT2D eigenvalue weighted by molar-refractivity contribution is -0.120. The Morgan fingerprint density at radius 2 is 1.90 bits per heavy atom. The first-order valence-corrected chi connectivity index (χ1v) is 10.3. The number of benzene rings is 2. The maximum Gasteiger partial charge on any atom is 0.261 e. The Bertz CT molecular complexity index is 1140. The number of carbonyl (C=O) groups excluding carboxylic acids is 1. The number of hydrogen-bond acceptors (Lipinski definition) is 6. The van der Waals surface area contributed by atoms with E-state index in [1.54, 1.807) is 34.3 Å². The molecule has 158 valence electrons. The zero-order valence-electron chi connectivity index (χ0n) is 17.7. The second-order valence-corrected chi connectivity index (χ2v) is 8.25. The fraction of sp³-hybridized carbons (Fsp3) is 0.318. The standard InChI is InChI=1S/C22H25N3O4S/c1-13-6-8-17-16(10-13)21(27)25(3)22(24-17)30-14(2)20(26)23-12-15-7-9-18(28-4)19(11-15)29-5/h6-11,14H,12H2,1-5H3,(H,23,26). The Kier molecular flexibility index (Phi) is 6.66. The normalized spacial score (nSPS) is 11.9. The van der Waals surface area contributed by atoms with Crippen molar-refractivity contribution in [2.24, 2.45) is 7.05 Å². The average Bonchev–Trinajstić information content (AvgIpc) is 2.75. The summed E-state index contributed by atoms with van der Waals surface area (Å²) < 4.78 is 12.0. The van der Waals surface area contributed by atoms with Crippen LogP contribution < -0.4 is 20.3 Å². The zero-order valence-corrected chi connectivity index (χ0v) is 18.5. The van der Waals surface area contributed by atoms with Crippen molar-refractivity contribution in [2.75, 3.05) is 14.2 Å². The number of nitrogens with zero attached hydrogens (tertiary/aromatic N) is 2. The van der Waals surface area contributed by atoms with Crippen molar-refractivity contribution in [3.05, 3.63) is 57.9 Å². The highest BCUT2D eigenvalue weighted by atomic mass is 32.2. The lowest BCUT2D eigenvalue weighted by Crippen LogP contribution is -2.31. The molecule has 0 fully saturated rings. The molecule has 0 radical (unpaired) electrons. The molecule has 3 aromatic rings. The van der Waals surface area contributed by atoms with Gasteiger partial charge in [0.05, 0.1) is 30.4 Å².